The number of H-pyrrole nitrogens is 1. The number of nitrogens with zero attached hydrogens (tertiary/aromatic N) is 1. The van der Waals surface area contributed by atoms with Crippen LogP contribution in [0.5, 0.6) is 5.75 Å². The summed E-state index contributed by atoms with van der Waals surface area (Å²) in [6.45, 7) is 4.48. The van der Waals surface area contributed by atoms with Crippen LogP contribution >= 0.6 is 34.2 Å². The first kappa shape index (κ1) is 13.5. The number of aromatic amines is 1. The molecule has 0 fully saturated rings. The van der Waals surface area contributed by atoms with E-state index in [-0.39, 0.29) is 0 Å². The van der Waals surface area contributed by atoms with Gasteiger partial charge in [0.2, 0.25) is 0 Å². The van der Waals surface area contributed by atoms with E-state index in [0.717, 1.165) is 26.1 Å². The highest BCUT2D eigenvalue weighted by Crippen LogP contribution is 2.37. The van der Waals surface area contributed by atoms with Crippen molar-refractivity contribution < 1.29 is 4.74 Å². The minimum absolute atomic E-state index is 0.477. The molecular weight excluding hydrogens is 365 g/mol. The van der Waals surface area contributed by atoms with Crippen molar-refractivity contribution in [2.24, 2.45) is 0 Å². The first-order valence-electron chi connectivity index (χ1n) is 5.47. The Kier molecular flexibility index (Phi) is 4.01. The lowest BCUT2D eigenvalue weighted by Crippen LogP contribution is -1.96. The smallest absolute Gasteiger partial charge is 0.159 e. The predicted octanol–water partition coefficient (Wildman–Crippen LogP) is 3.62. The van der Waals surface area contributed by atoms with Crippen LogP contribution in [0.2, 0.25) is 5.02 Å². The molecule has 96 valence electrons. The van der Waals surface area contributed by atoms with Crippen LogP contribution in [-0.2, 0) is 0 Å². The molecule has 0 atom stereocenters. The van der Waals surface area contributed by atoms with Gasteiger partial charge >= 0.3 is 0 Å². The van der Waals surface area contributed by atoms with Crippen molar-refractivity contribution in [3.63, 3.8) is 0 Å². The molecule has 1 aromatic carbocycles. The van der Waals surface area contributed by atoms with Crippen LogP contribution in [0, 0.1) is 10.5 Å². The fraction of sp³-hybridized carbons (Fsp3) is 0.250. The first-order valence-corrected chi connectivity index (χ1v) is 6.93. The lowest BCUT2D eigenvalue weighted by atomic mass is 10.1. The highest BCUT2D eigenvalue weighted by atomic mass is 127. The average molecular weight is 378 g/mol. The summed E-state index contributed by atoms with van der Waals surface area (Å²) in [5.74, 6) is 1.26. The Labute approximate surface area is 124 Å². The second kappa shape index (κ2) is 5.36. The van der Waals surface area contributed by atoms with E-state index < -0.39 is 0 Å². The summed E-state index contributed by atoms with van der Waals surface area (Å²) in [5, 5.41) is 7.60. The van der Waals surface area contributed by atoms with Crippen molar-refractivity contribution in [3.05, 3.63) is 26.3 Å². The largest absolute Gasteiger partial charge is 0.493 e. The van der Waals surface area contributed by atoms with Gasteiger partial charge in [0, 0.05) is 10.6 Å². The van der Waals surface area contributed by atoms with Gasteiger partial charge in [0.1, 0.15) is 5.75 Å². The molecule has 0 bridgehead atoms. The number of nitrogens with two attached hydrogens (primary N) is 1. The van der Waals surface area contributed by atoms with Crippen LogP contribution in [0.1, 0.15) is 12.5 Å². The maximum Gasteiger partial charge on any atom is 0.159 e. The highest BCUT2D eigenvalue weighted by molar-refractivity contribution is 14.1. The molecule has 0 unspecified atom stereocenters. The fourth-order valence-electron chi connectivity index (χ4n) is 1.65. The van der Waals surface area contributed by atoms with Gasteiger partial charge in [-0.3, -0.25) is 5.10 Å². The Hall–Kier alpha value is -0.950. The first-order chi connectivity index (χ1) is 8.54. The van der Waals surface area contributed by atoms with Gasteiger partial charge in [0.15, 0.2) is 5.82 Å². The highest BCUT2D eigenvalue weighted by Gasteiger charge is 2.16. The van der Waals surface area contributed by atoms with Crippen molar-refractivity contribution >= 4 is 40.0 Å². The Morgan fingerprint density at radius 3 is 2.78 bits per heavy atom. The molecule has 0 aliphatic carbocycles. The molecule has 6 heteroatoms. The molecule has 0 spiro atoms. The van der Waals surface area contributed by atoms with Crippen LogP contribution in [0.4, 0.5) is 5.82 Å². The number of ether oxygens (including phenoxy) is 1. The number of anilines is 1. The molecule has 1 aromatic heterocycles. The number of aryl methyl sites for hydroxylation is 1. The molecule has 18 heavy (non-hydrogen) atoms. The van der Waals surface area contributed by atoms with E-state index in [0.29, 0.717) is 17.4 Å². The van der Waals surface area contributed by atoms with Gasteiger partial charge < -0.3 is 10.5 Å². The normalized spacial score (nSPS) is 10.7. The zero-order chi connectivity index (χ0) is 13.3. The number of halogens is 2. The van der Waals surface area contributed by atoms with E-state index in [1.165, 1.54) is 0 Å². The maximum atomic E-state index is 6.17. The molecule has 0 saturated carbocycles. The van der Waals surface area contributed by atoms with Gasteiger partial charge in [-0.1, -0.05) is 11.6 Å². The summed E-state index contributed by atoms with van der Waals surface area (Å²) in [7, 11) is 0. The quantitative estimate of drug-likeness (QED) is 0.803. The summed E-state index contributed by atoms with van der Waals surface area (Å²) in [6.07, 6.45) is 0. The third kappa shape index (κ3) is 2.42. The number of rotatable bonds is 3. The van der Waals surface area contributed by atoms with Gasteiger partial charge in [0.25, 0.3) is 0 Å². The number of benzene rings is 1. The number of hydrogen-bond donors (Lipinski definition) is 2. The predicted molar refractivity (Wildman–Crippen MR) is 82.1 cm³/mol. The standard InChI is InChI=1S/C12H13ClIN3O/c1-3-18-9-4-6(2)8(13)5-7(9)11-10(14)12(15)17-16-11/h4-5H,3H2,1-2H3,(H3,15,16,17). The van der Waals surface area contributed by atoms with Crippen molar-refractivity contribution in [1.29, 1.82) is 0 Å². The molecule has 2 rings (SSSR count). The lowest BCUT2D eigenvalue weighted by molar-refractivity contribution is 0.341. The molecule has 0 aliphatic rings. The van der Waals surface area contributed by atoms with E-state index in [1.54, 1.807) is 0 Å². The van der Waals surface area contributed by atoms with E-state index >= 15 is 0 Å². The SMILES string of the molecule is CCOc1cc(C)c(Cl)cc1-c1[nH]nc(N)c1I. The van der Waals surface area contributed by atoms with E-state index in [9.17, 15) is 0 Å². The van der Waals surface area contributed by atoms with Crippen molar-refractivity contribution in [3.8, 4) is 17.0 Å². The summed E-state index contributed by atoms with van der Waals surface area (Å²) < 4.78 is 6.51. The number of nitrogens with one attached hydrogen (secondary N) is 1. The van der Waals surface area contributed by atoms with E-state index in [1.807, 2.05) is 26.0 Å². The summed E-state index contributed by atoms with van der Waals surface area (Å²) >= 11 is 8.32. The molecule has 0 aliphatic heterocycles. The van der Waals surface area contributed by atoms with Crippen molar-refractivity contribution in [1.82, 2.24) is 10.2 Å². The fourth-order valence-corrected chi connectivity index (χ4v) is 2.34. The van der Waals surface area contributed by atoms with Crippen LogP contribution in [0.3, 0.4) is 0 Å². The van der Waals surface area contributed by atoms with Gasteiger partial charge in [-0.2, -0.15) is 5.10 Å². The molecule has 1 heterocycles. The Bertz CT molecular complexity index is 583. The summed E-state index contributed by atoms with van der Waals surface area (Å²) in [4.78, 5) is 0. The van der Waals surface area contributed by atoms with E-state index in [2.05, 4.69) is 32.8 Å². The molecule has 2 aromatic rings. The van der Waals surface area contributed by atoms with Crippen LogP contribution in [0.15, 0.2) is 12.1 Å². The minimum Gasteiger partial charge on any atom is -0.493 e. The molecule has 3 N–H and O–H groups in total. The second-order valence-electron chi connectivity index (χ2n) is 3.83. The van der Waals surface area contributed by atoms with Gasteiger partial charge in [0.05, 0.1) is 15.9 Å². The van der Waals surface area contributed by atoms with Gasteiger partial charge in [-0.25, -0.2) is 0 Å². The molecule has 0 amide bonds. The topological polar surface area (TPSA) is 63.9 Å². The molecular formula is C12H13ClIN3O. The summed E-state index contributed by atoms with van der Waals surface area (Å²) in [5.41, 5.74) is 8.43. The Balaban J connectivity index is 2.61. The van der Waals surface area contributed by atoms with Crippen LogP contribution in [-0.4, -0.2) is 16.8 Å². The minimum atomic E-state index is 0.477. The monoisotopic (exact) mass is 377 g/mol. The number of aromatic nitrogens is 2. The number of hydrogen-bond acceptors (Lipinski definition) is 3. The molecule has 0 radical (unpaired) electrons. The summed E-state index contributed by atoms with van der Waals surface area (Å²) in [6, 6.07) is 3.80. The second-order valence-corrected chi connectivity index (χ2v) is 5.31. The Morgan fingerprint density at radius 2 is 2.22 bits per heavy atom. The number of nitrogen functional groups attached to an aromatic ring is 1. The molecule has 4 nitrogen and oxygen atoms in total. The van der Waals surface area contributed by atoms with Crippen molar-refractivity contribution in [2.45, 2.75) is 13.8 Å². The zero-order valence-corrected chi connectivity index (χ0v) is 13.0. The average Bonchev–Trinajstić information content (AvgIpc) is 2.65. The van der Waals surface area contributed by atoms with E-state index in [4.69, 9.17) is 22.1 Å². The van der Waals surface area contributed by atoms with Crippen LogP contribution < -0.4 is 10.5 Å². The third-order valence-corrected chi connectivity index (χ3v) is 4.06. The van der Waals surface area contributed by atoms with Gasteiger partial charge in [-0.05, 0) is 54.1 Å². The van der Waals surface area contributed by atoms with Gasteiger partial charge in [-0.15, -0.1) is 0 Å². The maximum absolute atomic E-state index is 6.17. The lowest BCUT2D eigenvalue weighted by Gasteiger charge is -2.11. The van der Waals surface area contributed by atoms with Crippen molar-refractivity contribution in [2.75, 3.05) is 12.3 Å². The van der Waals surface area contributed by atoms with Crippen LogP contribution in [0.25, 0.3) is 11.3 Å². The third-order valence-electron chi connectivity index (χ3n) is 2.56. The zero-order valence-electron chi connectivity index (χ0n) is 10.1. The Morgan fingerprint density at radius 1 is 1.50 bits per heavy atom. The molecule has 0 saturated heterocycles.